The van der Waals surface area contributed by atoms with Gasteiger partial charge in [-0.1, -0.05) is 6.07 Å². The fourth-order valence-corrected chi connectivity index (χ4v) is 2.55. The number of aromatic nitrogens is 3. The first-order valence-corrected chi connectivity index (χ1v) is 6.55. The third-order valence-corrected chi connectivity index (χ3v) is 3.46. The van der Waals surface area contributed by atoms with Gasteiger partial charge in [-0.2, -0.15) is 0 Å². The largest absolute Gasteiger partial charge is 0.481 e. The maximum atomic E-state index is 11.4. The second-order valence-electron chi connectivity index (χ2n) is 4.70. The van der Waals surface area contributed by atoms with Crippen LogP contribution in [0.15, 0.2) is 18.2 Å². The van der Waals surface area contributed by atoms with Crippen molar-refractivity contribution in [1.29, 1.82) is 0 Å². The minimum absolute atomic E-state index is 0.0719. The van der Waals surface area contributed by atoms with E-state index < -0.39 is 5.97 Å². The number of hydrogen-bond donors (Lipinski definition) is 1. The van der Waals surface area contributed by atoms with E-state index in [0.717, 1.165) is 31.6 Å². The Labute approximate surface area is 116 Å². The van der Waals surface area contributed by atoms with Crippen molar-refractivity contribution < 1.29 is 14.6 Å². The molecule has 0 saturated carbocycles. The van der Waals surface area contributed by atoms with Gasteiger partial charge < -0.3 is 14.4 Å². The van der Waals surface area contributed by atoms with Crippen LogP contribution in [0.25, 0.3) is 11.4 Å². The Morgan fingerprint density at radius 1 is 1.35 bits per heavy atom. The second kappa shape index (κ2) is 4.96. The van der Waals surface area contributed by atoms with Crippen LogP contribution in [-0.2, 0) is 13.0 Å². The molecule has 3 heterocycles. The van der Waals surface area contributed by atoms with Gasteiger partial charge in [-0.3, -0.25) is 0 Å². The number of pyridine rings is 1. The summed E-state index contributed by atoms with van der Waals surface area (Å²) in [6.45, 7) is 0.782. The number of ether oxygens (including phenoxy) is 1. The minimum atomic E-state index is -1.02. The summed E-state index contributed by atoms with van der Waals surface area (Å²) in [4.78, 5) is 20.0. The maximum Gasteiger partial charge on any atom is 0.356 e. The molecule has 0 spiro atoms. The lowest BCUT2D eigenvalue weighted by Gasteiger charge is -2.16. The first kappa shape index (κ1) is 12.7. The Morgan fingerprint density at radius 2 is 2.20 bits per heavy atom. The molecule has 0 radical (unpaired) electrons. The molecule has 20 heavy (non-hydrogen) atoms. The van der Waals surface area contributed by atoms with Crippen molar-refractivity contribution in [3.05, 3.63) is 29.7 Å². The van der Waals surface area contributed by atoms with Gasteiger partial charge in [-0.05, 0) is 18.9 Å². The molecule has 0 unspecified atom stereocenters. The fourth-order valence-electron chi connectivity index (χ4n) is 2.55. The fraction of sp³-hybridized carbons (Fsp3) is 0.357. The van der Waals surface area contributed by atoms with Gasteiger partial charge in [0.05, 0.1) is 12.8 Å². The number of aromatic carboxylic acids is 1. The smallest absolute Gasteiger partial charge is 0.356 e. The van der Waals surface area contributed by atoms with Crippen molar-refractivity contribution >= 4 is 5.97 Å². The lowest BCUT2D eigenvalue weighted by atomic mass is 10.1. The number of imidazole rings is 1. The SMILES string of the molecule is COc1cccc(-c2c(C(=O)O)nc3n2CCCC3)n1. The number of carboxylic acids is 1. The molecule has 1 N–H and O–H groups in total. The van der Waals surface area contributed by atoms with Crippen LogP contribution in [0.5, 0.6) is 5.88 Å². The van der Waals surface area contributed by atoms with Crippen LogP contribution < -0.4 is 4.74 Å². The quantitative estimate of drug-likeness (QED) is 0.925. The van der Waals surface area contributed by atoms with Crippen molar-refractivity contribution in [2.24, 2.45) is 0 Å². The normalized spacial score (nSPS) is 13.8. The number of rotatable bonds is 3. The highest BCUT2D eigenvalue weighted by Gasteiger charge is 2.25. The first-order chi connectivity index (χ1) is 9.70. The summed E-state index contributed by atoms with van der Waals surface area (Å²) in [7, 11) is 1.54. The zero-order valence-corrected chi connectivity index (χ0v) is 11.2. The lowest BCUT2D eigenvalue weighted by Crippen LogP contribution is -2.12. The van der Waals surface area contributed by atoms with Crippen LogP contribution in [0, 0.1) is 0 Å². The van der Waals surface area contributed by atoms with Crippen molar-refractivity contribution in [3.8, 4) is 17.3 Å². The number of carboxylic acid groups (broad SMARTS) is 1. The molecule has 6 nitrogen and oxygen atoms in total. The van der Waals surface area contributed by atoms with Crippen LogP contribution in [0.1, 0.15) is 29.2 Å². The summed E-state index contributed by atoms with van der Waals surface area (Å²) >= 11 is 0. The van der Waals surface area contributed by atoms with E-state index in [1.807, 2.05) is 4.57 Å². The molecule has 6 heteroatoms. The van der Waals surface area contributed by atoms with Gasteiger partial charge in [-0.15, -0.1) is 0 Å². The Morgan fingerprint density at radius 3 is 2.95 bits per heavy atom. The third kappa shape index (κ3) is 2.03. The molecule has 0 atom stereocenters. The standard InChI is InChI=1S/C14H15N3O3/c1-20-11-7-4-5-9(15-11)13-12(14(18)19)16-10-6-2-3-8-17(10)13/h4-5,7H,2-3,6,8H2,1H3,(H,18,19). The molecule has 3 rings (SSSR count). The molecule has 2 aromatic rings. The molecule has 0 saturated heterocycles. The van der Waals surface area contributed by atoms with Crippen LogP contribution in [0.4, 0.5) is 0 Å². The van der Waals surface area contributed by atoms with Crippen LogP contribution in [0.3, 0.4) is 0 Å². The first-order valence-electron chi connectivity index (χ1n) is 6.55. The van der Waals surface area contributed by atoms with E-state index in [1.54, 1.807) is 18.2 Å². The third-order valence-electron chi connectivity index (χ3n) is 3.46. The summed E-state index contributed by atoms with van der Waals surface area (Å²) in [5, 5.41) is 9.37. The van der Waals surface area contributed by atoms with Gasteiger partial charge in [0.25, 0.3) is 0 Å². The van der Waals surface area contributed by atoms with E-state index >= 15 is 0 Å². The van der Waals surface area contributed by atoms with Gasteiger partial charge in [0.15, 0.2) is 5.69 Å². The van der Waals surface area contributed by atoms with Crippen molar-refractivity contribution in [2.75, 3.05) is 7.11 Å². The predicted molar refractivity (Wildman–Crippen MR) is 71.9 cm³/mol. The van der Waals surface area contributed by atoms with E-state index in [4.69, 9.17) is 4.74 Å². The predicted octanol–water partition coefficient (Wildman–Crippen LogP) is 1.99. The van der Waals surface area contributed by atoms with Crippen molar-refractivity contribution in [1.82, 2.24) is 14.5 Å². The van der Waals surface area contributed by atoms with E-state index in [0.29, 0.717) is 17.3 Å². The summed E-state index contributed by atoms with van der Waals surface area (Å²) in [6, 6.07) is 5.32. The molecule has 2 aromatic heterocycles. The summed E-state index contributed by atoms with van der Waals surface area (Å²) < 4.78 is 7.08. The molecule has 1 aliphatic rings. The number of fused-ring (bicyclic) bond motifs is 1. The monoisotopic (exact) mass is 273 g/mol. The highest BCUT2D eigenvalue weighted by molar-refractivity contribution is 5.92. The van der Waals surface area contributed by atoms with Gasteiger partial charge >= 0.3 is 5.97 Å². The average Bonchev–Trinajstić information content (AvgIpc) is 2.87. The number of nitrogens with zero attached hydrogens (tertiary/aromatic N) is 3. The van der Waals surface area contributed by atoms with E-state index in [9.17, 15) is 9.90 Å². The zero-order chi connectivity index (χ0) is 14.1. The van der Waals surface area contributed by atoms with Crippen LogP contribution in [0.2, 0.25) is 0 Å². The van der Waals surface area contributed by atoms with Gasteiger partial charge in [-0.25, -0.2) is 14.8 Å². The maximum absolute atomic E-state index is 11.4. The Hall–Kier alpha value is -2.37. The van der Waals surface area contributed by atoms with Gasteiger partial charge in [0.2, 0.25) is 5.88 Å². The highest BCUT2D eigenvalue weighted by Crippen LogP contribution is 2.28. The molecule has 0 fully saturated rings. The summed E-state index contributed by atoms with van der Waals surface area (Å²) in [5.41, 5.74) is 1.23. The molecular weight excluding hydrogens is 258 g/mol. The number of methoxy groups -OCH3 is 1. The molecule has 0 aliphatic carbocycles. The molecular formula is C14H15N3O3. The van der Waals surface area contributed by atoms with Crippen molar-refractivity contribution in [2.45, 2.75) is 25.8 Å². The second-order valence-corrected chi connectivity index (χ2v) is 4.70. The van der Waals surface area contributed by atoms with Crippen LogP contribution >= 0.6 is 0 Å². The topological polar surface area (TPSA) is 77.2 Å². The lowest BCUT2D eigenvalue weighted by molar-refractivity contribution is 0.0691. The van der Waals surface area contributed by atoms with Crippen LogP contribution in [-0.4, -0.2) is 32.7 Å². The van der Waals surface area contributed by atoms with Crippen molar-refractivity contribution in [3.63, 3.8) is 0 Å². The molecule has 0 bridgehead atoms. The van der Waals surface area contributed by atoms with E-state index in [2.05, 4.69) is 9.97 Å². The molecule has 0 aromatic carbocycles. The average molecular weight is 273 g/mol. The molecule has 104 valence electrons. The molecule has 1 aliphatic heterocycles. The highest BCUT2D eigenvalue weighted by atomic mass is 16.5. The summed E-state index contributed by atoms with van der Waals surface area (Å²) in [6.07, 6.45) is 2.88. The number of aryl methyl sites for hydroxylation is 1. The Kier molecular flexibility index (Phi) is 3.14. The van der Waals surface area contributed by atoms with Gasteiger partial charge in [0, 0.05) is 19.0 Å². The number of carbonyl (C=O) groups is 1. The zero-order valence-electron chi connectivity index (χ0n) is 11.2. The Balaban J connectivity index is 2.20. The molecule has 0 amide bonds. The van der Waals surface area contributed by atoms with E-state index in [1.165, 1.54) is 7.11 Å². The number of hydrogen-bond acceptors (Lipinski definition) is 4. The summed E-state index contributed by atoms with van der Waals surface area (Å²) in [5.74, 6) is 0.269. The Bertz CT molecular complexity index is 664. The van der Waals surface area contributed by atoms with Gasteiger partial charge in [0.1, 0.15) is 11.5 Å². The van der Waals surface area contributed by atoms with E-state index in [-0.39, 0.29) is 5.69 Å². The minimum Gasteiger partial charge on any atom is -0.481 e.